The van der Waals surface area contributed by atoms with Gasteiger partial charge in [0.25, 0.3) is 5.91 Å². The Bertz CT molecular complexity index is 1500. The Morgan fingerprint density at radius 3 is 2.67 bits per heavy atom. The third-order valence-corrected chi connectivity index (χ3v) is 8.02. The molecule has 0 saturated carbocycles. The van der Waals surface area contributed by atoms with E-state index in [1.54, 1.807) is 0 Å². The second-order valence-electron chi connectivity index (χ2n) is 9.25. The average Bonchev–Trinajstić information content (AvgIpc) is 3.21. The minimum absolute atomic E-state index is 0. The second kappa shape index (κ2) is 10.0. The number of carbonyl (C=O) groups is 2. The lowest BCUT2D eigenvalue weighted by Crippen LogP contribution is -2.34. The van der Waals surface area contributed by atoms with E-state index >= 15 is 0 Å². The maximum Gasteiger partial charge on any atom is 0.263 e. The van der Waals surface area contributed by atoms with E-state index < -0.39 is 0 Å². The Hall–Kier alpha value is -3.26. The maximum absolute atomic E-state index is 12.7. The number of pyridine rings is 1. The molecule has 2 aliphatic rings. The summed E-state index contributed by atoms with van der Waals surface area (Å²) in [5.74, 6) is -0.0129. The number of halogens is 1. The third-order valence-electron chi connectivity index (χ3n) is 6.87. The molecule has 0 unspecified atom stereocenters. The molecule has 2 aliphatic heterocycles. The highest BCUT2D eigenvalue weighted by atomic mass is 35.5. The highest BCUT2D eigenvalue weighted by molar-refractivity contribution is 7.21. The number of anilines is 1. The van der Waals surface area contributed by atoms with E-state index in [2.05, 4.69) is 64.1 Å². The number of hydrogen-bond donors (Lipinski definition) is 2. The molecule has 0 fully saturated rings. The number of nitrogens with zero attached hydrogens (tertiary/aromatic N) is 2. The van der Waals surface area contributed by atoms with Gasteiger partial charge in [-0.15, -0.1) is 23.7 Å². The van der Waals surface area contributed by atoms with Crippen molar-refractivity contribution in [1.29, 1.82) is 0 Å². The monoisotopic (exact) mass is 518 g/mol. The van der Waals surface area contributed by atoms with Crippen LogP contribution in [0.3, 0.4) is 0 Å². The molecule has 2 aromatic heterocycles. The lowest BCUT2D eigenvalue weighted by Gasteiger charge is -2.24. The van der Waals surface area contributed by atoms with Crippen molar-refractivity contribution < 1.29 is 9.59 Å². The van der Waals surface area contributed by atoms with Crippen LogP contribution in [0.4, 0.5) is 5.69 Å². The Balaban J connectivity index is 0.00000267. The van der Waals surface area contributed by atoms with Crippen LogP contribution in [0.5, 0.6) is 0 Å². The van der Waals surface area contributed by atoms with Gasteiger partial charge in [-0.1, -0.05) is 30.3 Å². The van der Waals surface area contributed by atoms with Gasteiger partial charge in [0, 0.05) is 46.7 Å². The molecule has 0 saturated heterocycles. The topological polar surface area (TPSA) is 74.3 Å². The molecule has 8 heteroatoms. The predicted molar refractivity (Wildman–Crippen MR) is 150 cm³/mol. The molecule has 2 aromatic carbocycles. The zero-order valence-corrected chi connectivity index (χ0v) is 21.5. The highest BCUT2D eigenvalue weighted by Gasteiger charge is 2.24. The van der Waals surface area contributed by atoms with Gasteiger partial charge in [0.1, 0.15) is 11.2 Å². The van der Waals surface area contributed by atoms with E-state index in [-0.39, 0.29) is 24.4 Å². The van der Waals surface area contributed by atoms with Crippen LogP contribution in [0.1, 0.15) is 28.6 Å². The van der Waals surface area contributed by atoms with E-state index in [1.807, 2.05) is 13.0 Å². The fourth-order valence-electron chi connectivity index (χ4n) is 4.99. The van der Waals surface area contributed by atoms with E-state index in [4.69, 9.17) is 4.98 Å². The van der Waals surface area contributed by atoms with Crippen LogP contribution < -0.4 is 10.6 Å². The summed E-state index contributed by atoms with van der Waals surface area (Å²) in [4.78, 5) is 31.3. The van der Waals surface area contributed by atoms with Gasteiger partial charge < -0.3 is 15.4 Å². The summed E-state index contributed by atoms with van der Waals surface area (Å²) in [5.41, 5.74) is 6.40. The zero-order valence-electron chi connectivity index (χ0n) is 19.9. The molecule has 4 heterocycles. The van der Waals surface area contributed by atoms with E-state index in [1.165, 1.54) is 22.5 Å². The van der Waals surface area contributed by atoms with Crippen molar-refractivity contribution in [3.05, 3.63) is 65.0 Å². The number of amides is 1. The molecule has 184 valence electrons. The van der Waals surface area contributed by atoms with Gasteiger partial charge in [0.05, 0.1) is 23.4 Å². The molecule has 6 rings (SSSR count). The third kappa shape index (κ3) is 4.39. The van der Waals surface area contributed by atoms with Crippen LogP contribution in [0, 0.1) is 0 Å². The first-order valence-electron chi connectivity index (χ1n) is 12.0. The first-order chi connectivity index (χ1) is 17.1. The van der Waals surface area contributed by atoms with Crippen molar-refractivity contribution >= 4 is 68.2 Å². The molecule has 2 N–H and O–H groups in total. The largest absolute Gasteiger partial charge is 0.381 e. The summed E-state index contributed by atoms with van der Waals surface area (Å²) in [5, 5.41) is 8.67. The minimum Gasteiger partial charge on any atom is -0.381 e. The first kappa shape index (κ1) is 24.4. The van der Waals surface area contributed by atoms with Gasteiger partial charge in [-0.3, -0.25) is 9.69 Å². The molecule has 0 aliphatic carbocycles. The smallest absolute Gasteiger partial charge is 0.263 e. The van der Waals surface area contributed by atoms with Crippen LogP contribution in [-0.4, -0.2) is 54.3 Å². The van der Waals surface area contributed by atoms with Crippen molar-refractivity contribution in [2.45, 2.75) is 19.4 Å². The average molecular weight is 519 g/mol. The van der Waals surface area contributed by atoms with Crippen molar-refractivity contribution in [1.82, 2.24) is 15.2 Å². The number of hydrogen-bond acceptors (Lipinski definition) is 6. The SMILES string of the molecule is C[C@@H]1CNc2c(sc3ccc4nc(-c5ccc(C6=CCN(CC=O)CC6)cc5)ccc4c23)C(=O)N1.Cl. The number of rotatable bonds is 4. The minimum atomic E-state index is -0.0129. The molecule has 6 nitrogen and oxygen atoms in total. The lowest BCUT2D eigenvalue weighted by atomic mass is 9.97. The molecule has 36 heavy (non-hydrogen) atoms. The van der Waals surface area contributed by atoms with Crippen molar-refractivity contribution in [3.8, 4) is 11.3 Å². The van der Waals surface area contributed by atoms with E-state index in [9.17, 15) is 9.59 Å². The van der Waals surface area contributed by atoms with Gasteiger partial charge in [-0.25, -0.2) is 4.98 Å². The summed E-state index contributed by atoms with van der Waals surface area (Å²) >= 11 is 1.53. The van der Waals surface area contributed by atoms with Gasteiger partial charge >= 0.3 is 0 Å². The molecule has 1 amide bonds. The first-order valence-corrected chi connectivity index (χ1v) is 12.8. The zero-order chi connectivity index (χ0) is 23.9. The van der Waals surface area contributed by atoms with Crippen LogP contribution in [0.2, 0.25) is 0 Å². The van der Waals surface area contributed by atoms with E-state index in [0.717, 1.165) is 68.6 Å². The standard InChI is InChI=1S/C28H26N4O2S.ClH/c1-17-16-29-26-25-21-6-7-22(31-23(21)8-9-24(25)35-27(26)28(34)30-17)20-4-2-18(3-5-20)19-10-12-32(13-11-19)14-15-33;/h2-10,15,17,29H,11-14,16H2,1H3,(H,30,34);1H/t17-;/m1./s1. The number of fused-ring (bicyclic) bond motifs is 5. The predicted octanol–water partition coefficient (Wildman–Crippen LogP) is 5.37. The molecule has 0 radical (unpaired) electrons. The molecular weight excluding hydrogens is 492 g/mol. The van der Waals surface area contributed by atoms with Gasteiger partial charge in [-0.05, 0) is 48.7 Å². The summed E-state index contributed by atoms with van der Waals surface area (Å²) in [6.07, 6.45) is 4.14. The molecular formula is C28H27ClN4O2S. The van der Waals surface area contributed by atoms with E-state index in [0.29, 0.717) is 13.1 Å². The van der Waals surface area contributed by atoms with Gasteiger partial charge in [-0.2, -0.15) is 0 Å². The summed E-state index contributed by atoms with van der Waals surface area (Å²) in [6, 6.07) is 17.0. The quantitative estimate of drug-likeness (QED) is 0.355. The fraction of sp³-hybridized carbons (Fsp3) is 0.250. The van der Waals surface area contributed by atoms with Crippen molar-refractivity contribution in [2.24, 2.45) is 0 Å². The Kier molecular flexibility index (Phi) is 6.79. The molecule has 4 aromatic rings. The lowest BCUT2D eigenvalue weighted by molar-refractivity contribution is -0.108. The van der Waals surface area contributed by atoms with Crippen molar-refractivity contribution in [3.63, 3.8) is 0 Å². The molecule has 1 atom stereocenters. The number of nitrogens with one attached hydrogen (secondary N) is 2. The van der Waals surface area contributed by atoms with Crippen LogP contribution in [0.25, 0.3) is 37.8 Å². The number of aldehydes is 1. The Morgan fingerprint density at radius 1 is 1.11 bits per heavy atom. The van der Waals surface area contributed by atoms with Gasteiger partial charge in [0.2, 0.25) is 0 Å². The summed E-state index contributed by atoms with van der Waals surface area (Å²) in [7, 11) is 0. The number of carbonyl (C=O) groups excluding carboxylic acids is 2. The van der Waals surface area contributed by atoms with Crippen molar-refractivity contribution in [2.75, 3.05) is 31.5 Å². The number of benzene rings is 2. The van der Waals surface area contributed by atoms with Gasteiger partial charge in [0.15, 0.2) is 0 Å². The van der Waals surface area contributed by atoms with Crippen LogP contribution in [0.15, 0.2) is 54.6 Å². The number of aromatic nitrogens is 1. The molecule has 0 spiro atoms. The fourth-order valence-corrected chi connectivity index (χ4v) is 6.08. The number of thiophene rings is 1. The van der Waals surface area contributed by atoms with Crippen LogP contribution >= 0.6 is 23.7 Å². The normalized spacial score (nSPS) is 18.0. The maximum atomic E-state index is 12.7. The second-order valence-corrected chi connectivity index (χ2v) is 10.3. The Morgan fingerprint density at radius 2 is 1.92 bits per heavy atom. The Labute approximate surface area is 219 Å². The summed E-state index contributed by atoms with van der Waals surface area (Å²) in [6.45, 7) is 4.94. The highest BCUT2D eigenvalue weighted by Crippen LogP contribution is 2.41. The summed E-state index contributed by atoms with van der Waals surface area (Å²) < 4.78 is 1.09. The van der Waals surface area contributed by atoms with Crippen LogP contribution in [-0.2, 0) is 4.79 Å². The molecule has 0 bridgehead atoms.